The van der Waals surface area contributed by atoms with E-state index in [-0.39, 0.29) is 0 Å². The molecule has 0 fully saturated rings. The minimum Gasteiger partial charge on any atom is -0.456 e. The Kier molecular flexibility index (Phi) is 8.31. The molecular weight excluding hydrogens is 763 g/mol. The van der Waals surface area contributed by atoms with Crippen molar-refractivity contribution in [3.63, 3.8) is 0 Å². The lowest BCUT2D eigenvalue weighted by Gasteiger charge is -2.16. The number of furan rings is 1. The lowest BCUT2D eigenvalue weighted by atomic mass is 10.0. The molecule has 0 aliphatic rings. The van der Waals surface area contributed by atoms with Gasteiger partial charge in [-0.1, -0.05) is 146 Å². The van der Waals surface area contributed by atoms with E-state index in [2.05, 4.69) is 83.4 Å². The smallest absolute Gasteiger partial charge is 0.166 e. The van der Waals surface area contributed by atoms with E-state index in [0.29, 0.717) is 34.9 Å². The molecule has 8 nitrogen and oxygen atoms in total. The van der Waals surface area contributed by atoms with E-state index in [1.807, 2.05) is 121 Å². The summed E-state index contributed by atoms with van der Waals surface area (Å²) in [4.78, 5) is 31.0. The topological polar surface area (TPSA) is 95.4 Å². The number of hydrogen-bond donors (Lipinski definition) is 0. The highest BCUT2D eigenvalue weighted by molar-refractivity contribution is 6.10. The van der Waals surface area contributed by atoms with Crippen LogP contribution >= 0.6 is 0 Å². The maximum absolute atomic E-state index is 6.21. The van der Waals surface area contributed by atoms with Gasteiger partial charge < -0.3 is 8.98 Å². The van der Waals surface area contributed by atoms with Crippen molar-refractivity contribution >= 4 is 43.7 Å². The highest BCUT2D eigenvalue weighted by Gasteiger charge is 2.22. The van der Waals surface area contributed by atoms with Crippen LogP contribution in [0.4, 0.5) is 0 Å². The number of benzene rings is 8. The largest absolute Gasteiger partial charge is 0.456 e. The summed E-state index contributed by atoms with van der Waals surface area (Å²) in [5.41, 5.74) is 9.75. The standard InChI is InChI=1S/C54H33N7O/c1-4-16-34(17-5-1)49-55-50(35-18-6-2-7-19-35)57-52(56-49)37-28-30-46(61-44-25-13-10-22-39(44)40-23-11-14-26-45(40)61)43(33-37)54-59-51(36-20-8-3-9-21-36)58-53(60-54)38-29-31-48-42(32-38)41-24-12-15-27-47(41)62-48/h1-33H. The molecule has 290 valence electrons. The summed E-state index contributed by atoms with van der Waals surface area (Å²) in [5.74, 6) is 3.29. The van der Waals surface area contributed by atoms with Gasteiger partial charge in [0.25, 0.3) is 0 Å². The summed E-state index contributed by atoms with van der Waals surface area (Å²) in [6.45, 7) is 0. The van der Waals surface area contributed by atoms with Crippen LogP contribution in [0.1, 0.15) is 0 Å². The molecule has 0 amide bonds. The fraction of sp³-hybridized carbons (Fsp3) is 0. The SMILES string of the molecule is c1ccc(-c2nc(-c3ccccc3)nc(-c3ccc(-n4c5ccccc5c5ccccc54)c(-c4nc(-c5ccccc5)nc(-c5ccc6oc7ccccc7c6c5)n4)c3)n2)cc1. The second-order valence-corrected chi connectivity index (χ2v) is 15.1. The predicted molar refractivity (Wildman–Crippen MR) is 247 cm³/mol. The Balaban J connectivity index is 1.14. The second kappa shape index (κ2) is 14.6. The van der Waals surface area contributed by atoms with Crippen LogP contribution in [0.2, 0.25) is 0 Å². The van der Waals surface area contributed by atoms with Gasteiger partial charge in [0, 0.05) is 54.9 Å². The Hall–Kier alpha value is -8.62. The molecule has 8 aromatic carbocycles. The molecule has 8 heteroatoms. The molecule has 62 heavy (non-hydrogen) atoms. The lowest BCUT2D eigenvalue weighted by Crippen LogP contribution is -2.05. The molecule has 0 saturated carbocycles. The first-order valence-corrected chi connectivity index (χ1v) is 20.5. The van der Waals surface area contributed by atoms with Crippen molar-refractivity contribution in [3.8, 4) is 74.0 Å². The molecule has 0 unspecified atom stereocenters. The minimum atomic E-state index is 0.505. The Morgan fingerprint density at radius 2 is 0.694 bits per heavy atom. The molecule has 0 spiro atoms. The molecule has 12 rings (SSSR count). The number of nitrogens with zero attached hydrogens (tertiary/aromatic N) is 7. The summed E-state index contributed by atoms with van der Waals surface area (Å²) in [5, 5.41) is 4.33. The van der Waals surface area contributed by atoms with Crippen LogP contribution in [0.5, 0.6) is 0 Å². The fourth-order valence-electron chi connectivity index (χ4n) is 8.38. The average molecular weight is 796 g/mol. The van der Waals surface area contributed by atoms with Crippen LogP contribution in [-0.4, -0.2) is 34.5 Å². The van der Waals surface area contributed by atoms with Gasteiger partial charge in [-0.2, -0.15) is 0 Å². The number of para-hydroxylation sites is 3. The monoisotopic (exact) mass is 795 g/mol. The molecule has 0 aliphatic carbocycles. The third-order valence-electron chi connectivity index (χ3n) is 11.3. The van der Waals surface area contributed by atoms with Crippen molar-refractivity contribution in [1.29, 1.82) is 0 Å². The van der Waals surface area contributed by atoms with Crippen LogP contribution in [0.25, 0.3) is 118 Å². The zero-order valence-corrected chi connectivity index (χ0v) is 33.1. The highest BCUT2D eigenvalue weighted by Crippen LogP contribution is 2.39. The van der Waals surface area contributed by atoms with Crippen molar-refractivity contribution < 1.29 is 4.42 Å². The molecular formula is C54H33N7O. The van der Waals surface area contributed by atoms with Gasteiger partial charge in [0.2, 0.25) is 0 Å². The Morgan fingerprint density at radius 1 is 0.290 bits per heavy atom. The third-order valence-corrected chi connectivity index (χ3v) is 11.3. The predicted octanol–water partition coefficient (Wildman–Crippen LogP) is 13.1. The van der Waals surface area contributed by atoms with Gasteiger partial charge in [-0.05, 0) is 54.6 Å². The zero-order valence-electron chi connectivity index (χ0n) is 33.1. The van der Waals surface area contributed by atoms with Gasteiger partial charge >= 0.3 is 0 Å². The lowest BCUT2D eigenvalue weighted by molar-refractivity contribution is 0.669. The first-order chi connectivity index (χ1) is 30.7. The average Bonchev–Trinajstić information content (AvgIpc) is 3.90. The van der Waals surface area contributed by atoms with Crippen LogP contribution < -0.4 is 0 Å². The maximum atomic E-state index is 6.21. The molecule has 0 aliphatic heterocycles. The summed E-state index contributed by atoms with van der Waals surface area (Å²) in [6.07, 6.45) is 0. The van der Waals surface area contributed by atoms with E-state index in [4.69, 9.17) is 34.3 Å². The maximum Gasteiger partial charge on any atom is 0.166 e. The fourth-order valence-corrected chi connectivity index (χ4v) is 8.38. The first kappa shape index (κ1) is 35.3. The normalized spacial score (nSPS) is 11.5. The van der Waals surface area contributed by atoms with Gasteiger partial charge in [-0.15, -0.1) is 0 Å². The van der Waals surface area contributed by atoms with Gasteiger partial charge in [-0.25, -0.2) is 29.9 Å². The quantitative estimate of drug-likeness (QED) is 0.158. The molecule has 0 bridgehead atoms. The molecule has 0 saturated heterocycles. The van der Waals surface area contributed by atoms with E-state index in [1.54, 1.807) is 0 Å². The van der Waals surface area contributed by atoms with E-state index >= 15 is 0 Å². The van der Waals surface area contributed by atoms with E-state index < -0.39 is 0 Å². The number of rotatable bonds is 7. The number of aromatic nitrogens is 7. The van der Waals surface area contributed by atoms with Gasteiger partial charge in [0.05, 0.1) is 16.7 Å². The minimum absolute atomic E-state index is 0.505. The van der Waals surface area contributed by atoms with Crippen LogP contribution in [0, 0.1) is 0 Å². The van der Waals surface area contributed by atoms with Crippen molar-refractivity contribution in [1.82, 2.24) is 34.5 Å². The van der Waals surface area contributed by atoms with Crippen LogP contribution in [0.15, 0.2) is 205 Å². The van der Waals surface area contributed by atoms with Gasteiger partial charge in [0.1, 0.15) is 11.2 Å². The van der Waals surface area contributed by atoms with Crippen molar-refractivity contribution in [3.05, 3.63) is 200 Å². The molecule has 0 atom stereocenters. The molecule has 12 aromatic rings. The Labute approximate surface area is 355 Å². The Morgan fingerprint density at radius 3 is 1.24 bits per heavy atom. The Bertz CT molecular complexity index is 3530. The van der Waals surface area contributed by atoms with Gasteiger partial charge in [-0.3, -0.25) is 0 Å². The summed E-state index contributed by atoms with van der Waals surface area (Å²) < 4.78 is 8.52. The van der Waals surface area contributed by atoms with E-state index in [1.165, 1.54) is 0 Å². The summed E-state index contributed by atoms with van der Waals surface area (Å²) in [7, 11) is 0. The molecule has 0 radical (unpaired) electrons. The first-order valence-electron chi connectivity index (χ1n) is 20.5. The van der Waals surface area contributed by atoms with Crippen molar-refractivity contribution in [2.75, 3.05) is 0 Å². The zero-order chi connectivity index (χ0) is 41.0. The van der Waals surface area contributed by atoms with Crippen LogP contribution in [-0.2, 0) is 0 Å². The van der Waals surface area contributed by atoms with Crippen LogP contribution in [0.3, 0.4) is 0 Å². The molecule has 4 aromatic heterocycles. The highest BCUT2D eigenvalue weighted by atomic mass is 16.3. The summed E-state index contributed by atoms with van der Waals surface area (Å²) >= 11 is 0. The van der Waals surface area contributed by atoms with Crippen molar-refractivity contribution in [2.45, 2.75) is 0 Å². The molecule has 0 N–H and O–H groups in total. The number of fused-ring (bicyclic) bond motifs is 6. The molecule has 4 heterocycles. The van der Waals surface area contributed by atoms with E-state index in [0.717, 1.165) is 82.8 Å². The third kappa shape index (κ3) is 6.09. The summed E-state index contributed by atoms with van der Waals surface area (Å²) in [6, 6.07) is 67.6. The van der Waals surface area contributed by atoms with Crippen molar-refractivity contribution in [2.24, 2.45) is 0 Å². The van der Waals surface area contributed by atoms with E-state index in [9.17, 15) is 0 Å². The van der Waals surface area contributed by atoms with Gasteiger partial charge in [0.15, 0.2) is 34.9 Å². The number of hydrogen-bond acceptors (Lipinski definition) is 7. The second-order valence-electron chi connectivity index (χ2n) is 15.1.